The quantitative estimate of drug-likeness (QED) is 0.383. The van der Waals surface area contributed by atoms with Crippen molar-refractivity contribution >= 4 is 11.8 Å². The molecule has 0 N–H and O–H groups in total. The molecular weight excluding hydrogens is 366 g/mol. The third-order valence-electron chi connectivity index (χ3n) is 4.22. The smallest absolute Gasteiger partial charge is 0.223 e. The average molecular weight is 386 g/mol. The van der Waals surface area contributed by atoms with Crippen molar-refractivity contribution in [3.63, 3.8) is 0 Å². The fourth-order valence-corrected chi connectivity index (χ4v) is 3.28. The summed E-state index contributed by atoms with van der Waals surface area (Å²) >= 11 is 1.36. The molecule has 27 heavy (non-hydrogen) atoms. The van der Waals surface area contributed by atoms with E-state index in [9.17, 15) is 8.78 Å². The molecule has 0 aliphatic rings. The second kappa shape index (κ2) is 8.48. The van der Waals surface area contributed by atoms with E-state index in [0.717, 1.165) is 35.1 Å². The van der Waals surface area contributed by atoms with Crippen LogP contribution in [0.4, 0.5) is 8.78 Å². The van der Waals surface area contributed by atoms with Gasteiger partial charge in [0.25, 0.3) is 0 Å². The van der Waals surface area contributed by atoms with Gasteiger partial charge in [0.05, 0.1) is 0 Å². The third-order valence-corrected chi connectivity index (χ3v) is 5.14. The number of thioether (sulfide) groups is 1. The standard InChI is InChI=1S/C21H20F2N2OS/c1-4-16-11-20(26-19-7-5-6-13(2)14(19)3)25-21(24-16)27-12-15-8-9-17(22)18(23)10-15/h5-11H,4,12H2,1-3H3. The molecule has 0 radical (unpaired) electrons. The lowest BCUT2D eigenvalue weighted by Crippen LogP contribution is -1.99. The van der Waals surface area contributed by atoms with Crippen LogP contribution in [0, 0.1) is 25.5 Å². The van der Waals surface area contributed by atoms with E-state index in [0.29, 0.717) is 22.4 Å². The van der Waals surface area contributed by atoms with Crippen LogP contribution in [0.5, 0.6) is 11.6 Å². The predicted molar refractivity (Wildman–Crippen MR) is 103 cm³/mol. The van der Waals surface area contributed by atoms with E-state index in [4.69, 9.17) is 4.74 Å². The summed E-state index contributed by atoms with van der Waals surface area (Å²) in [6.07, 6.45) is 0.740. The van der Waals surface area contributed by atoms with E-state index in [-0.39, 0.29) is 0 Å². The molecule has 3 aromatic rings. The summed E-state index contributed by atoms with van der Waals surface area (Å²) in [7, 11) is 0. The van der Waals surface area contributed by atoms with Gasteiger partial charge in [0.1, 0.15) is 5.75 Å². The fourth-order valence-electron chi connectivity index (χ4n) is 2.47. The van der Waals surface area contributed by atoms with Gasteiger partial charge in [-0.15, -0.1) is 0 Å². The topological polar surface area (TPSA) is 35.0 Å². The van der Waals surface area contributed by atoms with Crippen LogP contribution in [0.25, 0.3) is 0 Å². The molecular formula is C21H20F2N2OS. The van der Waals surface area contributed by atoms with Gasteiger partial charge in [0, 0.05) is 17.5 Å². The Bertz CT molecular complexity index is 963. The molecule has 140 valence electrons. The molecule has 1 heterocycles. The maximum Gasteiger partial charge on any atom is 0.223 e. The summed E-state index contributed by atoms with van der Waals surface area (Å²) in [5, 5.41) is 0.541. The highest BCUT2D eigenvalue weighted by atomic mass is 32.2. The first-order valence-corrected chi connectivity index (χ1v) is 9.63. The second-order valence-electron chi connectivity index (χ2n) is 6.17. The Labute approximate surface area is 161 Å². The molecule has 0 amide bonds. The molecule has 3 rings (SSSR count). The van der Waals surface area contributed by atoms with Crippen molar-refractivity contribution in [2.45, 2.75) is 38.1 Å². The van der Waals surface area contributed by atoms with Crippen molar-refractivity contribution in [2.24, 2.45) is 0 Å². The maximum absolute atomic E-state index is 13.4. The zero-order valence-electron chi connectivity index (χ0n) is 15.4. The van der Waals surface area contributed by atoms with Crippen molar-refractivity contribution in [3.8, 4) is 11.6 Å². The monoisotopic (exact) mass is 386 g/mol. The van der Waals surface area contributed by atoms with Gasteiger partial charge in [0.15, 0.2) is 16.8 Å². The molecule has 0 aliphatic heterocycles. The number of aromatic nitrogens is 2. The Morgan fingerprint density at radius 3 is 2.56 bits per heavy atom. The lowest BCUT2D eigenvalue weighted by molar-refractivity contribution is 0.450. The van der Waals surface area contributed by atoms with Crippen LogP contribution in [0.2, 0.25) is 0 Å². The van der Waals surface area contributed by atoms with Crippen LogP contribution >= 0.6 is 11.8 Å². The molecule has 3 nitrogen and oxygen atoms in total. The van der Waals surface area contributed by atoms with E-state index in [1.807, 2.05) is 45.0 Å². The van der Waals surface area contributed by atoms with Gasteiger partial charge in [-0.1, -0.05) is 36.9 Å². The maximum atomic E-state index is 13.4. The van der Waals surface area contributed by atoms with Crippen molar-refractivity contribution in [2.75, 3.05) is 0 Å². The molecule has 1 aromatic heterocycles. The van der Waals surface area contributed by atoms with E-state index in [1.54, 1.807) is 6.07 Å². The minimum Gasteiger partial charge on any atom is -0.439 e. The number of hydrogen-bond acceptors (Lipinski definition) is 4. The molecule has 0 atom stereocenters. The second-order valence-corrected chi connectivity index (χ2v) is 7.11. The first-order chi connectivity index (χ1) is 13.0. The van der Waals surface area contributed by atoms with Gasteiger partial charge in [-0.05, 0) is 55.2 Å². The first-order valence-electron chi connectivity index (χ1n) is 8.65. The fraction of sp³-hybridized carbons (Fsp3) is 0.238. The number of rotatable bonds is 6. The SMILES string of the molecule is CCc1cc(Oc2cccc(C)c2C)nc(SCc2ccc(F)c(F)c2)n1. The number of nitrogens with zero attached hydrogens (tertiary/aromatic N) is 2. The third kappa shape index (κ3) is 4.83. The largest absolute Gasteiger partial charge is 0.439 e. The number of benzene rings is 2. The van der Waals surface area contributed by atoms with Crippen LogP contribution in [0.15, 0.2) is 47.6 Å². The Hall–Kier alpha value is -2.47. The highest BCUT2D eigenvalue weighted by Crippen LogP contribution is 2.28. The first kappa shape index (κ1) is 19.3. The molecule has 6 heteroatoms. The van der Waals surface area contributed by atoms with Gasteiger partial charge in [0.2, 0.25) is 5.88 Å². The van der Waals surface area contributed by atoms with Gasteiger partial charge < -0.3 is 4.74 Å². The number of halogens is 2. The van der Waals surface area contributed by atoms with Gasteiger partial charge in [-0.2, -0.15) is 4.98 Å². The van der Waals surface area contributed by atoms with Crippen molar-refractivity contribution in [1.82, 2.24) is 9.97 Å². The molecule has 0 bridgehead atoms. The molecule has 0 spiro atoms. The van der Waals surface area contributed by atoms with Crippen LogP contribution in [-0.2, 0) is 12.2 Å². The Kier molecular flexibility index (Phi) is 6.06. The van der Waals surface area contributed by atoms with Crippen LogP contribution in [0.3, 0.4) is 0 Å². The van der Waals surface area contributed by atoms with Crippen molar-refractivity contribution in [3.05, 3.63) is 76.5 Å². The molecule has 0 aliphatic carbocycles. The number of hydrogen-bond donors (Lipinski definition) is 0. The van der Waals surface area contributed by atoms with E-state index in [1.165, 1.54) is 17.8 Å². The Morgan fingerprint density at radius 2 is 1.81 bits per heavy atom. The zero-order valence-corrected chi connectivity index (χ0v) is 16.2. The normalized spacial score (nSPS) is 10.9. The average Bonchev–Trinajstić information content (AvgIpc) is 2.66. The minimum absolute atomic E-state index is 0.438. The summed E-state index contributed by atoms with van der Waals surface area (Å²) in [6.45, 7) is 6.04. The number of aryl methyl sites for hydroxylation is 2. The molecule has 2 aromatic carbocycles. The van der Waals surface area contributed by atoms with Gasteiger partial charge >= 0.3 is 0 Å². The van der Waals surface area contributed by atoms with Crippen LogP contribution < -0.4 is 4.74 Å². The summed E-state index contributed by atoms with van der Waals surface area (Å²) in [5.41, 5.74) is 3.73. The number of ether oxygens (including phenoxy) is 1. The minimum atomic E-state index is -0.852. The molecule has 0 fully saturated rings. The summed E-state index contributed by atoms with van der Waals surface area (Å²) < 4.78 is 32.4. The van der Waals surface area contributed by atoms with E-state index in [2.05, 4.69) is 9.97 Å². The Balaban J connectivity index is 1.80. The Morgan fingerprint density at radius 1 is 1.00 bits per heavy atom. The molecule has 0 saturated carbocycles. The van der Waals surface area contributed by atoms with Crippen LogP contribution in [0.1, 0.15) is 29.3 Å². The van der Waals surface area contributed by atoms with Crippen molar-refractivity contribution in [1.29, 1.82) is 0 Å². The highest BCUT2D eigenvalue weighted by Gasteiger charge is 2.10. The summed E-state index contributed by atoms with van der Waals surface area (Å²) in [4.78, 5) is 8.96. The van der Waals surface area contributed by atoms with Crippen molar-refractivity contribution < 1.29 is 13.5 Å². The summed E-state index contributed by atoms with van der Waals surface area (Å²) in [6, 6.07) is 11.6. The molecule has 0 saturated heterocycles. The zero-order chi connectivity index (χ0) is 19.4. The predicted octanol–water partition coefficient (Wildman–Crippen LogP) is 6.02. The van der Waals surface area contributed by atoms with Gasteiger partial charge in [-0.25, -0.2) is 13.8 Å². The molecule has 0 unspecified atom stereocenters. The lowest BCUT2D eigenvalue weighted by atomic mass is 10.1. The highest BCUT2D eigenvalue weighted by molar-refractivity contribution is 7.98. The van der Waals surface area contributed by atoms with E-state index < -0.39 is 11.6 Å². The van der Waals surface area contributed by atoms with Crippen LogP contribution in [-0.4, -0.2) is 9.97 Å². The van der Waals surface area contributed by atoms with E-state index >= 15 is 0 Å². The van der Waals surface area contributed by atoms with Gasteiger partial charge in [-0.3, -0.25) is 0 Å². The summed E-state index contributed by atoms with van der Waals surface area (Å²) in [5.74, 6) is -0.0316. The lowest BCUT2D eigenvalue weighted by Gasteiger charge is -2.11.